The third-order valence-corrected chi connectivity index (χ3v) is 5.75. The lowest BCUT2D eigenvalue weighted by Crippen LogP contribution is -2.33. The van der Waals surface area contributed by atoms with E-state index < -0.39 is 0 Å². The number of carbonyl (C=O) groups is 1. The molecule has 1 heterocycles. The van der Waals surface area contributed by atoms with E-state index in [0.717, 1.165) is 16.4 Å². The first kappa shape index (κ1) is 17.7. The maximum absolute atomic E-state index is 12.2. The second-order valence-corrected chi connectivity index (χ2v) is 7.63. The highest BCUT2D eigenvalue weighted by molar-refractivity contribution is 7.19. The van der Waals surface area contributed by atoms with Gasteiger partial charge in [0.05, 0.1) is 0 Å². The van der Waals surface area contributed by atoms with E-state index in [9.17, 15) is 4.79 Å². The third-order valence-electron chi connectivity index (χ3n) is 4.82. The van der Waals surface area contributed by atoms with Crippen molar-refractivity contribution in [3.63, 3.8) is 0 Å². The topological polar surface area (TPSA) is 70.1 Å². The molecule has 1 aromatic heterocycles. The predicted molar refractivity (Wildman–Crippen MR) is 104 cm³/mol. The Morgan fingerprint density at radius 3 is 2.60 bits per heavy atom. The van der Waals surface area contributed by atoms with Crippen molar-refractivity contribution in [2.45, 2.75) is 52.0 Å². The largest absolute Gasteiger partial charge is 0.347 e. The van der Waals surface area contributed by atoms with Gasteiger partial charge in [-0.25, -0.2) is 4.79 Å². The van der Waals surface area contributed by atoms with Gasteiger partial charge in [-0.15, -0.1) is 10.2 Å². The average Bonchev–Trinajstić information content (AvgIpc) is 3.06. The van der Waals surface area contributed by atoms with Gasteiger partial charge < -0.3 is 10.2 Å². The molecule has 2 N–H and O–H groups in total. The van der Waals surface area contributed by atoms with Gasteiger partial charge in [-0.1, -0.05) is 36.7 Å². The Kier molecular flexibility index (Phi) is 5.53. The summed E-state index contributed by atoms with van der Waals surface area (Å²) in [5.41, 5.74) is 3.11. The lowest BCUT2D eigenvalue weighted by atomic mass is 9.95. The van der Waals surface area contributed by atoms with E-state index in [1.54, 1.807) is 0 Å². The van der Waals surface area contributed by atoms with E-state index >= 15 is 0 Å². The van der Waals surface area contributed by atoms with E-state index in [0.29, 0.717) is 11.2 Å². The van der Waals surface area contributed by atoms with Gasteiger partial charge in [-0.3, -0.25) is 5.32 Å². The Hall–Kier alpha value is -2.15. The smallest absolute Gasteiger partial charge is 0.325 e. The summed E-state index contributed by atoms with van der Waals surface area (Å²) in [7, 11) is 2.06. The molecule has 2 aromatic rings. The minimum Gasteiger partial charge on any atom is -0.347 e. The van der Waals surface area contributed by atoms with Crippen molar-refractivity contribution in [2.75, 3.05) is 22.6 Å². The summed E-state index contributed by atoms with van der Waals surface area (Å²) in [6, 6.07) is 6.07. The molecule has 1 saturated carbocycles. The summed E-state index contributed by atoms with van der Waals surface area (Å²) in [6.45, 7) is 4.07. The molecule has 1 fully saturated rings. The summed E-state index contributed by atoms with van der Waals surface area (Å²) < 4.78 is 0. The highest BCUT2D eigenvalue weighted by Crippen LogP contribution is 2.29. The van der Waals surface area contributed by atoms with Gasteiger partial charge in [0.15, 0.2) is 0 Å². The number of aromatic nitrogens is 2. The zero-order valence-electron chi connectivity index (χ0n) is 15.0. The van der Waals surface area contributed by atoms with E-state index in [2.05, 4.69) is 32.8 Å². The monoisotopic (exact) mass is 359 g/mol. The zero-order valence-corrected chi connectivity index (χ0v) is 15.8. The number of rotatable bonds is 4. The summed E-state index contributed by atoms with van der Waals surface area (Å²) in [5.74, 6) is 0. The first-order valence-electron chi connectivity index (χ1n) is 8.74. The normalized spacial score (nSPS) is 15.0. The van der Waals surface area contributed by atoms with Gasteiger partial charge >= 0.3 is 6.03 Å². The number of anilines is 3. The van der Waals surface area contributed by atoms with Crippen molar-refractivity contribution in [3.8, 4) is 0 Å². The maximum Gasteiger partial charge on any atom is 0.325 e. The fourth-order valence-corrected chi connectivity index (χ4v) is 3.88. The van der Waals surface area contributed by atoms with Crippen molar-refractivity contribution in [1.29, 1.82) is 0 Å². The van der Waals surface area contributed by atoms with Crippen LogP contribution in [0.3, 0.4) is 0 Å². The van der Waals surface area contributed by atoms with Crippen molar-refractivity contribution >= 4 is 33.3 Å². The van der Waals surface area contributed by atoms with E-state index in [4.69, 9.17) is 0 Å². The minimum atomic E-state index is -0.300. The third kappa shape index (κ3) is 4.48. The number of hydrogen-bond acceptors (Lipinski definition) is 5. The summed E-state index contributed by atoms with van der Waals surface area (Å²) in [5, 5.41) is 15.3. The number of hydrogen-bond donors (Lipinski definition) is 2. The Labute approximate surface area is 152 Å². The SMILES string of the molecule is Cc1ccc(NC(=O)Nc2nnc(N(C)C3CCCCC3)s2)cc1C. The molecule has 2 amide bonds. The molecule has 25 heavy (non-hydrogen) atoms. The molecule has 0 atom stereocenters. The van der Waals surface area contributed by atoms with Crippen LogP contribution in [0.2, 0.25) is 0 Å². The van der Waals surface area contributed by atoms with Crippen LogP contribution in [0, 0.1) is 13.8 Å². The van der Waals surface area contributed by atoms with Crippen molar-refractivity contribution in [2.24, 2.45) is 0 Å². The Morgan fingerprint density at radius 1 is 1.12 bits per heavy atom. The minimum absolute atomic E-state index is 0.300. The van der Waals surface area contributed by atoms with Gasteiger partial charge in [0.2, 0.25) is 10.3 Å². The molecule has 0 bridgehead atoms. The lowest BCUT2D eigenvalue weighted by molar-refractivity contribution is 0.262. The van der Waals surface area contributed by atoms with Crippen LogP contribution >= 0.6 is 11.3 Å². The van der Waals surface area contributed by atoms with Crippen LogP contribution in [-0.4, -0.2) is 29.3 Å². The fraction of sp³-hybridized carbons (Fsp3) is 0.500. The average molecular weight is 359 g/mol. The van der Waals surface area contributed by atoms with Gasteiger partial charge in [0.25, 0.3) is 0 Å². The molecule has 134 valence electrons. The molecule has 6 nitrogen and oxygen atoms in total. The van der Waals surface area contributed by atoms with E-state index in [1.165, 1.54) is 49.0 Å². The lowest BCUT2D eigenvalue weighted by Gasteiger charge is -2.30. The number of urea groups is 1. The number of benzene rings is 1. The fourth-order valence-electron chi connectivity index (χ4n) is 3.11. The van der Waals surface area contributed by atoms with Crippen LogP contribution < -0.4 is 15.5 Å². The van der Waals surface area contributed by atoms with E-state index in [-0.39, 0.29) is 6.03 Å². The van der Waals surface area contributed by atoms with Crippen LogP contribution in [0.15, 0.2) is 18.2 Å². The summed E-state index contributed by atoms with van der Waals surface area (Å²) in [6.07, 6.45) is 6.28. The standard InChI is InChI=1S/C18H25N5OS/c1-12-9-10-14(11-13(12)2)19-16(24)20-17-21-22-18(25-17)23(3)15-7-5-4-6-8-15/h9-11,15H,4-8H2,1-3H3,(H2,19,20,21,24). The molecular formula is C18H25N5OS. The van der Waals surface area contributed by atoms with Crippen LogP contribution in [-0.2, 0) is 0 Å². The number of nitrogens with zero attached hydrogens (tertiary/aromatic N) is 3. The second-order valence-electron chi connectivity index (χ2n) is 6.67. The Bertz CT molecular complexity index is 739. The first-order valence-corrected chi connectivity index (χ1v) is 9.56. The predicted octanol–water partition coefficient (Wildman–Crippen LogP) is 4.57. The van der Waals surface area contributed by atoms with Crippen molar-refractivity contribution in [1.82, 2.24) is 10.2 Å². The molecule has 0 unspecified atom stereocenters. The molecule has 1 aromatic carbocycles. The number of carbonyl (C=O) groups excluding carboxylic acids is 1. The molecule has 0 saturated heterocycles. The van der Waals surface area contributed by atoms with Crippen molar-refractivity contribution in [3.05, 3.63) is 29.3 Å². The number of aryl methyl sites for hydroxylation is 2. The van der Waals surface area contributed by atoms with Crippen LogP contribution in [0.4, 0.5) is 20.7 Å². The summed E-state index contributed by atoms with van der Waals surface area (Å²) in [4.78, 5) is 14.4. The highest BCUT2D eigenvalue weighted by atomic mass is 32.1. The van der Waals surface area contributed by atoms with Crippen LogP contribution in [0.1, 0.15) is 43.2 Å². The van der Waals surface area contributed by atoms with Gasteiger partial charge in [-0.05, 0) is 49.9 Å². The second kappa shape index (κ2) is 7.82. The van der Waals surface area contributed by atoms with Crippen molar-refractivity contribution < 1.29 is 4.79 Å². The first-order chi connectivity index (χ1) is 12.0. The van der Waals surface area contributed by atoms with Gasteiger partial charge in [-0.2, -0.15) is 0 Å². The van der Waals surface area contributed by atoms with Crippen LogP contribution in [0.25, 0.3) is 0 Å². The highest BCUT2D eigenvalue weighted by Gasteiger charge is 2.21. The zero-order chi connectivity index (χ0) is 17.8. The molecule has 7 heteroatoms. The molecule has 0 aliphatic heterocycles. The quantitative estimate of drug-likeness (QED) is 0.839. The van der Waals surface area contributed by atoms with Crippen LogP contribution in [0.5, 0.6) is 0 Å². The maximum atomic E-state index is 12.2. The Morgan fingerprint density at radius 2 is 1.88 bits per heavy atom. The number of nitrogens with one attached hydrogen (secondary N) is 2. The molecule has 1 aliphatic carbocycles. The molecule has 0 spiro atoms. The van der Waals surface area contributed by atoms with Gasteiger partial charge in [0.1, 0.15) is 0 Å². The summed E-state index contributed by atoms with van der Waals surface area (Å²) >= 11 is 1.41. The molecule has 0 radical (unpaired) electrons. The van der Waals surface area contributed by atoms with E-state index in [1.807, 2.05) is 32.0 Å². The molecular weight excluding hydrogens is 334 g/mol. The Balaban J connectivity index is 1.58. The van der Waals surface area contributed by atoms with Gasteiger partial charge in [0, 0.05) is 18.8 Å². The number of amides is 2. The molecule has 3 rings (SSSR count). The molecule has 1 aliphatic rings.